The smallest absolute Gasteiger partial charge is 0.0577 e. The van der Waals surface area contributed by atoms with Crippen LogP contribution in [0.3, 0.4) is 0 Å². The van der Waals surface area contributed by atoms with E-state index < -0.39 is 10.8 Å². The van der Waals surface area contributed by atoms with Gasteiger partial charge < -0.3 is 10.1 Å². The minimum Gasteiger partial charge on any atom is -0.384 e. The van der Waals surface area contributed by atoms with Gasteiger partial charge in [-0.1, -0.05) is 44.2 Å². The minimum atomic E-state index is -0.879. The summed E-state index contributed by atoms with van der Waals surface area (Å²) in [7, 11) is 0.776. The van der Waals surface area contributed by atoms with Crippen LogP contribution in [0.2, 0.25) is 0 Å². The van der Waals surface area contributed by atoms with Crippen LogP contribution in [0.4, 0.5) is 0 Å². The van der Waals surface area contributed by atoms with Crippen LogP contribution in [0, 0.1) is 0 Å². The van der Waals surface area contributed by atoms with E-state index in [9.17, 15) is 4.21 Å². The van der Waals surface area contributed by atoms with E-state index in [4.69, 9.17) is 4.74 Å². The van der Waals surface area contributed by atoms with E-state index in [1.54, 1.807) is 7.11 Å². The van der Waals surface area contributed by atoms with Gasteiger partial charge in [0.2, 0.25) is 0 Å². The molecule has 0 aliphatic rings. The Morgan fingerprint density at radius 2 is 1.95 bits per heavy atom. The van der Waals surface area contributed by atoms with E-state index >= 15 is 0 Å². The maximum atomic E-state index is 12.5. The summed E-state index contributed by atoms with van der Waals surface area (Å²) in [6.45, 7) is 5.76. The summed E-state index contributed by atoms with van der Waals surface area (Å²) in [5, 5.41) is 3.68. The minimum absolute atomic E-state index is 0.124. The van der Waals surface area contributed by atoms with Crippen molar-refractivity contribution < 1.29 is 8.95 Å². The molecule has 0 aliphatic heterocycles. The molecular weight excluding hydrogens is 270 g/mol. The Balaban J connectivity index is 2.86. The third-order valence-electron chi connectivity index (χ3n) is 3.37. The van der Waals surface area contributed by atoms with Gasteiger partial charge in [0, 0.05) is 29.7 Å². The first kappa shape index (κ1) is 17.3. The van der Waals surface area contributed by atoms with Crippen molar-refractivity contribution in [2.24, 2.45) is 0 Å². The molecule has 0 amide bonds. The van der Waals surface area contributed by atoms with Gasteiger partial charge in [-0.3, -0.25) is 4.21 Å². The summed E-state index contributed by atoms with van der Waals surface area (Å²) in [5.41, 5.74) is 1.22. The molecule has 20 heavy (non-hydrogen) atoms. The van der Waals surface area contributed by atoms with Gasteiger partial charge in [0.15, 0.2) is 0 Å². The van der Waals surface area contributed by atoms with Gasteiger partial charge in [0.05, 0.1) is 11.9 Å². The third-order valence-corrected chi connectivity index (χ3v) is 5.22. The summed E-state index contributed by atoms with van der Waals surface area (Å²) >= 11 is 0. The highest BCUT2D eigenvalue weighted by Crippen LogP contribution is 2.23. The largest absolute Gasteiger partial charge is 0.384 e. The van der Waals surface area contributed by atoms with Crippen LogP contribution in [-0.2, 0) is 15.5 Å². The molecule has 0 heterocycles. The topological polar surface area (TPSA) is 38.3 Å². The van der Waals surface area contributed by atoms with E-state index in [1.807, 2.05) is 18.2 Å². The Kier molecular flexibility index (Phi) is 8.74. The second-order valence-corrected chi connectivity index (χ2v) is 6.64. The van der Waals surface area contributed by atoms with Crippen LogP contribution in [0.15, 0.2) is 30.3 Å². The van der Waals surface area contributed by atoms with Crippen molar-refractivity contribution in [3.8, 4) is 0 Å². The molecule has 1 aromatic carbocycles. The second kappa shape index (κ2) is 10.1. The molecule has 0 saturated heterocycles. The Morgan fingerprint density at radius 1 is 1.25 bits per heavy atom. The fraction of sp³-hybridized carbons (Fsp3) is 0.625. The monoisotopic (exact) mass is 297 g/mol. The molecule has 3 atom stereocenters. The molecule has 0 saturated carbocycles. The Morgan fingerprint density at radius 3 is 2.50 bits per heavy atom. The van der Waals surface area contributed by atoms with E-state index in [1.165, 1.54) is 5.56 Å². The first-order valence-electron chi connectivity index (χ1n) is 7.39. The predicted octanol–water partition coefficient (Wildman–Crippen LogP) is 2.90. The highest BCUT2D eigenvalue weighted by molar-refractivity contribution is 7.85. The van der Waals surface area contributed by atoms with Gasteiger partial charge in [-0.05, 0) is 24.9 Å². The molecule has 0 radical (unpaired) electrons. The molecule has 1 N–H and O–H groups in total. The molecular formula is C16H27NO2S. The van der Waals surface area contributed by atoms with Crippen molar-refractivity contribution in [1.29, 1.82) is 0 Å². The van der Waals surface area contributed by atoms with Crippen molar-refractivity contribution in [2.45, 2.75) is 38.0 Å². The number of rotatable bonds is 10. The molecule has 4 heteroatoms. The number of hydrogen-bond acceptors (Lipinski definition) is 3. The van der Waals surface area contributed by atoms with E-state index in [2.05, 4.69) is 31.3 Å². The Hall–Kier alpha value is -0.710. The van der Waals surface area contributed by atoms with Gasteiger partial charge in [-0.25, -0.2) is 0 Å². The lowest BCUT2D eigenvalue weighted by Gasteiger charge is -2.27. The van der Waals surface area contributed by atoms with Crippen molar-refractivity contribution >= 4 is 10.8 Å². The Labute approximate surface area is 125 Å². The standard InChI is InChI=1S/C16H27NO2S/c1-4-11-17-16(14-9-7-6-8-10-14)15(5-2)20(18)13-12-19-3/h6-10,15-17H,4-5,11-13H2,1-3H3. The number of nitrogens with one attached hydrogen (secondary N) is 1. The summed E-state index contributed by atoms with van der Waals surface area (Å²) in [6, 6.07) is 10.5. The molecule has 0 fully saturated rings. The molecule has 0 aromatic heterocycles. The molecule has 0 bridgehead atoms. The molecule has 1 aromatic rings. The summed E-state index contributed by atoms with van der Waals surface area (Å²) in [4.78, 5) is 0. The molecule has 0 spiro atoms. The van der Waals surface area contributed by atoms with Crippen molar-refractivity contribution in [2.75, 3.05) is 26.0 Å². The van der Waals surface area contributed by atoms with Gasteiger partial charge in [0.25, 0.3) is 0 Å². The lowest BCUT2D eigenvalue weighted by Crippen LogP contribution is -2.36. The number of hydrogen-bond donors (Lipinski definition) is 1. The van der Waals surface area contributed by atoms with Crippen LogP contribution in [-0.4, -0.2) is 35.5 Å². The fourth-order valence-corrected chi connectivity index (χ4v) is 3.88. The van der Waals surface area contributed by atoms with Gasteiger partial charge in [0.1, 0.15) is 0 Å². The zero-order valence-corrected chi connectivity index (χ0v) is 13.6. The first-order valence-corrected chi connectivity index (χ1v) is 8.77. The maximum absolute atomic E-state index is 12.5. The van der Waals surface area contributed by atoms with Crippen LogP contribution in [0.1, 0.15) is 38.3 Å². The lowest BCUT2D eigenvalue weighted by atomic mass is 10.0. The molecule has 3 nitrogen and oxygen atoms in total. The summed E-state index contributed by atoms with van der Waals surface area (Å²) < 4.78 is 17.6. The van der Waals surface area contributed by atoms with Crippen LogP contribution in [0.5, 0.6) is 0 Å². The van der Waals surface area contributed by atoms with Gasteiger partial charge in [-0.15, -0.1) is 0 Å². The lowest BCUT2D eigenvalue weighted by molar-refractivity contribution is 0.217. The molecule has 114 valence electrons. The first-order chi connectivity index (χ1) is 9.74. The maximum Gasteiger partial charge on any atom is 0.0577 e. The fourth-order valence-electron chi connectivity index (χ4n) is 2.31. The highest BCUT2D eigenvalue weighted by Gasteiger charge is 2.26. The Bertz CT molecular complexity index is 383. The summed E-state index contributed by atoms with van der Waals surface area (Å²) in [6.07, 6.45) is 1.97. The SMILES string of the molecule is CCCNC(c1ccccc1)C(CC)S(=O)CCOC. The molecule has 0 aliphatic carbocycles. The zero-order chi connectivity index (χ0) is 14.8. The van der Waals surface area contributed by atoms with Crippen LogP contribution < -0.4 is 5.32 Å². The number of methoxy groups -OCH3 is 1. The summed E-state index contributed by atoms with van der Waals surface area (Å²) in [5.74, 6) is 0.603. The van der Waals surface area contributed by atoms with Crippen LogP contribution >= 0.6 is 0 Å². The number of benzene rings is 1. The average Bonchev–Trinajstić information content (AvgIpc) is 2.50. The van der Waals surface area contributed by atoms with Gasteiger partial charge >= 0.3 is 0 Å². The zero-order valence-electron chi connectivity index (χ0n) is 12.8. The highest BCUT2D eigenvalue weighted by atomic mass is 32.2. The average molecular weight is 297 g/mol. The second-order valence-electron chi connectivity index (χ2n) is 4.87. The molecule has 3 unspecified atom stereocenters. The van der Waals surface area contributed by atoms with Crippen molar-refractivity contribution in [1.82, 2.24) is 5.32 Å². The van der Waals surface area contributed by atoms with Crippen LogP contribution in [0.25, 0.3) is 0 Å². The van der Waals surface area contributed by atoms with Crippen molar-refractivity contribution in [3.63, 3.8) is 0 Å². The number of ether oxygens (including phenoxy) is 1. The predicted molar refractivity (Wildman–Crippen MR) is 86.4 cm³/mol. The van der Waals surface area contributed by atoms with Gasteiger partial charge in [-0.2, -0.15) is 0 Å². The third kappa shape index (κ3) is 5.35. The van der Waals surface area contributed by atoms with E-state index in [0.29, 0.717) is 12.4 Å². The van der Waals surface area contributed by atoms with E-state index in [-0.39, 0.29) is 11.3 Å². The van der Waals surface area contributed by atoms with Crippen molar-refractivity contribution in [3.05, 3.63) is 35.9 Å². The van der Waals surface area contributed by atoms with E-state index in [0.717, 1.165) is 19.4 Å². The molecule has 1 rings (SSSR count). The quantitative estimate of drug-likeness (QED) is 0.721. The normalized spacial score (nSPS) is 15.8.